The molecule has 0 heterocycles. The first-order valence-electron chi connectivity index (χ1n) is 6.94. The van der Waals surface area contributed by atoms with Crippen molar-refractivity contribution in [3.8, 4) is 6.07 Å². The van der Waals surface area contributed by atoms with Gasteiger partial charge in [0.05, 0.1) is 6.07 Å². The van der Waals surface area contributed by atoms with E-state index in [0.717, 1.165) is 19.3 Å². The quantitative estimate of drug-likeness (QED) is 0.808. The third-order valence-corrected chi connectivity index (χ3v) is 3.53. The molecule has 1 rings (SSSR count). The van der Waals surface area contributed by atoms with Crippen LogP contribution in [0.25, 0.3) is 0 Å². The number of nitrogens with one attached hydrogen (secondary N) is 2. The van der Waals surface area contributed by atoms with E-state index in [1.165, 1.54) is 0 Å². The molecule has 2 N–H and O–H groups in total. The Balaban J connectivity index is 2.62. The summed E-state index contributed by atoms with van der Waals surface area (Å²) in [4.78, 5) is 24.0. The summed E-state index contributed by atoms with van der Waals surface area (Å²) in [5, 5.41) is 14.7. The molecule has 0 aromatic carbocycles. The van der Waals surface area contributed by atoms with Crippen LogP contribution in [-0.2, 0) is 9.59 Å². The summed E-state index contributed by atoms with van der Waals surface area (Å²) in [6.45, 7) is 5.37. The summed E-state index contributed by atoms with van der Waals surface area (Å²) in [5.74, 6) is -0.520. The highest BCUT2D eigenvalue weighted by Crippen LogP contribution is 2.35. The normalized spacial score (nSPS) is 19.3. The summed E-state index contributed by atoms with van der Waals surface area (Å²) in [6, 6.07) is 1.58. The molecule has 0 spiro atoms. The van der Waals surface area contributed by atoms with E-state index in [9.17, 15) is 14.9 Å². The highest BCUT2D eigenvalue weighted by atomic mass is 16.2. The first-order chi connectivity index (χ1) is 8.91. The Morgan fingerprint density at radius 1 is 1.11 bits per heavy atom. The van der Waals surface area contributed by atoms with Crippen molar-refractivity contribution in [2.75, 3.05) is 0 Å². The van der Waals surface area contributed by atoms with Crippen LogP contribution < -0.4 is 10.6 Å². The van der Waals surface area contributed by atoms with Gasteiger partial charge >= 0.3 is 0 Å². The molecule has 0 radical (unpaired) electrons. The number of hydrogen-bond donors (Lipinski definition) is 2. The second-order valence-electron chi connectivity index (χ2n) is 5.61. The highest BCUT2D eigenvalue weighted by Gasteiger charge is 2.40. The van der Waals surface area contributed by atoms with Gasteiger partial charge in [-0.3, -0.25) is 9.59 Å². The number of hydrogen-bond acceptors (Lipinski definition) is 3. The lowest BCUT2D eigenvalue weighted by atomic mass is 9.74. The molecule has 2 amide bonds. The van der Waals surface area contributed by atoms with Gasteiger partial charge in [0.1, 0.15) is 11.5 Å². The van der Waals surface area contributed by atoms with Gasteiger partial charge in [-0.2, -0.15) is 5.26 Å². The highest BCUT2D eigenvalue weighted by molar-refractivity contribution is 5.91. The zero-order valence-electron chi connectivity index (χ0n) is 12.0. The maximum atomic E-state index is 12.2. The van der Waals surface area contributed by atoms with Crippen molar-refractivity contribution in [3.05, 3.63) is 0 Å². The van der Waals surface area contributed by atoms with Crippen molar-refractivity contribution in [2.24, 2.45) is 5.41 Å². The first-order valence-corrected chi connectivity index (χ1v) is 6.94. The van der Waals surface area contributed by atoms with Gasteiger partial charge in [-0.1, -0.05) is 19.3 Å². The molecule has 1 atom stereocenters. The molecule has 1 aliphatic carbocycles. The molecule has 0 saturated heterocycles. The van der Waals surface area contributed by atoms with Crippen molar-refractivity contribution in [1.29, 1.82) is 5.26 Å². The molecule has 1 saturated carbocycles. The molecule has 1 aliphatic rings. The number of nitrogens with zero attached hydrogens (tertiary/aromatic N) is 1. The summed E-state index contributed by atoms with van der Waals surface area (Å²) in [7, 11) is 0. The molecule has 106 valence electrons. The lowest BCUT2D eigenvalue weighted by Gasteiger charge is -2.30. The molecular formula is C14H23N3O2. The van der Waals surface area contributed by atoms with Gasteiger partial charge in [-0.25, -0.2) is 0 Å². The van der Waals surface area contributed by atoms with E-state index in [4.69, 9.17) is 0 Å². The van der Waals surface area contributed by atoms with E-state index in [2.05, 4.69) is 16.7 Å². The van der Waals surface area contributed by atoms with Crippen molar-refractivity contribution < 1.29 is 9.59 Å². The van der Waals surface area contributed by atoms with Crippen LogP contribution in [0.3, 0.4) is 0 Å². The van der Waals surface area contributed by atoms with Crippen LogP contribution in [0.2, 0.25) is 0 Å². The van der Waals surface area contributed by atoms with E-state index in [0.29, 0.717) is 12.8 Å². The monoisotopic (exact) mass is 265 g/mol. The van der Waals surface area contributed by atoms with Crippen molar-refractivity contribution in [2.45, 2.75) is 65.0 Å². The van der Waals surface area contributed by atoms with Crippen LogP contribution in [0.1, 0.15) is 52.9 Å². The van der Waals surface area contributed by atoms with Gasteiger partial charge < -0.3 is 10.6 Å². The molecule has 0 aromatic rings. The van der Waals surface area contributed by atoms with E-state index < -0.39 is 11.5 Å². The maximum absolute atomic E-state index is 12.2. The molecule has 1 unspecified atom stereocenters. The van der Waals surface area contributed by atoms with E-state index >= 15 is 0 Å². The Hall–Kier alpha value is -1.57. The van der Waals surface area contributed by atoms with Gasteiger partial charge in [0, 0.05) is 6.04 Å². The van der Waals surface area contributed by atoms with Gasteiger partial charge in [-0.05, 0) is 33.6 Å². The van der Waals surface area contributed by atoms with Gasteiger partial charge in [-0.15, -0.1) is 0 Å². The van der Waals surface area contributed by atoms with E-state index in [1.807, 2.05) is 13.8 Å². The second kappa shape index (κ2) is 6.55. The Morgan fingerprint density at radius 3 is 2.16 bits per heavy atom. The van der Waals surface area contributed by atoms with Crippen LogP contribution in [0, 0.1) is 16.7 Å². The number of amides is 2. The Labute approximate surface area is 114 Å². The third kappa shape index (κ3) is 3.95. The number of carbonyl (C=O) groups excluding carboxylic acids is 2. The lowest BCUT2D eigenvalue weighted by Crippen LogP contribution is -2.51. The SMILES string of the molecule is CC(C)NC(=O)C(C)NC(=O)C1(C#N)CCCCC1. The Bertz CT molecular complexity index is 379. The van der Waals surface area contributed by atoms with Crippen LogP contribution >= 0.6 is 0 Å². The smallest absolute Gasteiger partial charge is 0.242 e. The molecule has 19 heavy (non-hydrogen) atoms. The van der Waals surface area contributed by atoms with Crippen molar-refractivity contribution in [1.82, 2.24) is 10.6 Å². The zero-order chi connectivity index (χ0) is 14.5. The number of nitriles is 1. The van der Waals surface area contributed by atoms with Crippen LogP contribution in [-0.4, -0.2) is 23.9 Å². The van der Waals surface area contributed by atoms with Gasteiger partial charge in [0.15, 0.2) is 0 Å². The molecule has 0 bridgehead atoms. The van der Waals surface area contributed by atoms with E-state index in [-0.39, 0.29) is 17.9 Å². The number of rotatable bonds is 4. The van der Waals surface area contributed by atoms with Crippen molar-refractivity contribution >= 4 is 11.8 Å². The largest absolute Gasteiger partial charge is 0.352 e. The molecule has 5 heteroatoms. The lowest BCUT2D eigenvalue weighted by molar-refractivity contribution is -0.134. The molecular weight excluding hydrogens is 242 g/mol. The topological polar surface area (TPSA) is 82.0 Å². The molecule has 1 fully saturated rings. The molecule has 5 nitrogen and oxygen atoms in total. The average Bonchev–Trinajstić information content (AvgIpc) is 2.38. The Morgan fingerprint density at radius 2 is 1.68 bits per heavy atom. The Kier molecular flexibility index (Phi) is 5.34. The van der Waals surface area contributed by atoms with Crippen LogP contribution in [0.5, 0.6) is 0 Å². The summed E-state index contributed by atoms with van der Waals surface area (Å²) >= 11 is 0. The standard InChI is InChI=1S/C14H23N3O2/c1-10(2)16-12(18)11(3)17-13(19)14(9-15)7-5-4-6-8-14/h10-11H,4-8H2,1-3H3,(H,16,18)(H,17,19). The maximum Gasteiger partial charge on any atom is 0.242 e. The van der Waals surface area contributed by atoms with Gasteiger partial charge in [0.25, 0.3) is 0 Å². The number of carbonyl (C=O) groups is 2. The molecule has 0 aliphatic heterocycles. The fourth-order valence-electron chi connectivity index (χ4n) is 2.35. The summed E-state index contributed by atoms with van der Waals surface area (Å²) in [6.07, 6.45) is 4.04. The fraction of sp³-hybridized carbons (Fsp3) is 0.786. The third-order valence-electron chi connectivity index (χ3n) is 3.53. The minimum Gasteiger partial charge on any atom is -0.352 e. The predicted molar refractivity (Wildman–Crippen MR) is 72.0 cm³/mol. The second-order valence-corrected chi connectivity index (χ2v) is 5.61. The molecule has 0 aromatic heterocycles. The van der Waals surface area contributed by atoms with Gasteiger partial charge in [0.2, 0.25) is 11.8 Å². The first kappa shape index (κ1) is 15.5. The van der Waals surface area contributed by atoms with E-state index in [1.54, 1.807) is 6.92 Å². The van der Waals surface area contributed by atoms with Crippen LogP contribution in [0.15, 0.2) is 0 Å². The minimum atomic E-state index is -0.940. The minimum absolute atomic E-state index is 0.0338. The fourth-order valence-corrected chi connectivity index (χ4v) is 2.35. The van der Waals surface area contributed by atoms with Crippen LogP contribution in [0.4, 0.5) is 0 Å². The zero-order valence-corrected chi connectivity index (χ0v) is 12.0. The predicted octanol–water partition coefficient (Wildman–Crippen LogP) is 1.49. The van der Waals surface area contributed by atoms with Crippen molar-refractivity contribution in [3.63, 3.8) is 0 Å². The average molecular weight is 265 g/mol. The summed E-state index contributed by atoms with van der Waals surface area (Å²) < 4.78 is 0. The summed E-state index contributed by atoms with van der Waals surface area (Å²) in [5.41, 5.74) is -0.940.